The Balaban J connectivity index is 1.76. The third-order valence-corrected chi connectivity index (χ3v) is 5.25. The van der Waals surface area contributed by atoms with E-state index in [-0.39, 0.29) is 0 Å². The van der Waals surface area contributed by atoms with Gasteiger partial charge in [-0.3, -0.25) is 0 Å². The number of hydrogen-bond acceptors (Lipinski definition) is 5. The van der Waals surface area contributed by atoms with E-state index in [1.165, 1.54) is 32.4 Å². The fourth-order valence-corrected chi connectivity index (χ4v) is 3.44. The molecule has 0 amide bonds. The first kappa shape index (κ1) is 24.4. The van der Waals surface area contributed by atoms with E-state index < -0.39 is 0 Å². The van der Waals surface area contributed by atoms with Crippen LogP contribution in [0.15, 0.2) is 29.3 Å². The molecule has 0 aliphatic carbocycles. The fraction of sp³-hybridized carbons (Fsp3) is 0.696. The normalized spacial score (nSPS) is 15.4. The van der Waals surface area contributed by atoms with Gasteiger partial charge >= 0.3 is 0 Å². The number of hydrogen-bond donors (Lipinski definition) is 2. The van der Waals surface area contributed by atoms with Gasteiger partial charge in [-0.25, -0.2) is 4.99 Å². The highest BCUT2D eigenvalue weighted by Gasteiger charge is 2.09. The van der Waals surface area contributed by atoms with Crippen LogP contribution >= 0.6 is 0 Å². The Labute approximate surface area is 182 Å². The predicted octanol–water partition coefficient (Wildman–Crippen LogP) is 2.18. The molecule has 2 rings (SSSR count). The number of rotatable bonds is 13. The predicted molar refractivity (Wildman–Crippen MR) is 124 cm³/mol. The highest BCUT2D eigenvalue weighted by molar-refractivity contribution is 5.79. The Bertz CT molecular complexity index is 605. The van der Waals surface area contributed by atoms with E-state index in [2.05, 4.69) is 46.5 Å². The summed E-state index contributed by atoms with van der Waals surface area (Å²) in [5, 5.41) is 6.81. The number of guanidine groups is 1. The lowest BCUT2D eigenvalue weighted by Gasteiger charge is -2.26. The summed E-state index contributed by atoms with van der Waals surface area (Å²) in [4.78, 5) is 9.49. The second kappa shape index (κ2) is 15.0. The van der Waals surface area contributed by atoms with Crippen LogP contribution in [0.3, 0.4) is 0 Å². The molecule has 7 nitrogen and oxygen atoms in total. The summed E-state index contributed by atoms with van der Waals surface area (Å²) < 4.78 is 11.0. The monoisotopic (exact) mass is 419 g/mol. The number of likely N-dealkylation sites (tertiary alicyclic amines) is 1. The molecule has 1 heterocycles. The highest BCUT2D eigenvalue weighted by Crippen LogP contribution is 2.14. The van der Waals surface area contributed by atoms with Crippen LogP contribution in [0.25, 0.3) is 0 Å². The van der Waals surface area contributed by atoms with E-state index in [1.807, 2.05) is 12.1 Å². The SMILES string of the molecule is CCNC(=NCc1cccc(OCCN(C)CCOC)c1)NCCN1CCCCC1. The average Bonchev–Trinajstić information content (AvgIpc) is 2.77. The van der Waals surface area contributed by atoms with Crippen LogP contribution in [0.1, 0.15) is 31.7 Å². The molecule has 1 aliphatic rings. The number of nitrogens with one attached hydrogen (secondary N) is 2. The Morgan fingerprint density at radius 1 is 1.13 bits per heavy atom. The van der Waals surface area contributed by atoms with Crippen LogP contribution in [-0.2, 0) is 11.3 Å². The van der Waals surface area contributed by atoms with Gasteiger partial charge in [0.1, 0.15) is 12.4 Å². The third kappa shape index (κ3) is 10.3. The van der Waals surface area contributed by atoms with Crippen molar-refractivity contribution in [2.45, 2.75) is 32.7 Å². The van der Waals surface area contributed by atoms with E-state index in [9.17, 15) is 0 Å². The van der Waals surface area contributed by atoms with Gasteiger partial charge in [0.2, 0.25) is 0 Å². The zero-order chi connectivity index (χ0) is 21.4. The van der Waals surface area contributed by atoms with Crippen LogP contribution in [0.2, 0.25) is 0 Å². The maximum atomic E-state index is 5.92. The van der Waals surface area contributed by atoms with Crippen molar-refractivity contribution in [3.05, 3.63) is 29.8 Å². The smallest absolute Gasteiger partial charge is 0.191 e. The Morgan fingerprint density at radius 3 is 2.70 bits per heavy atom. The van der Waals surface area contributed by atoms with Crippen molar-refractivity contribution >= 4 is 5.96 Å². The first-order valence-electron chi connectivity index (χ1n) is 11.3. The fourth-order valence-electron chi connectivity index (χ4n) is 3.44. The van der Waals surface area contributed by atoms with Crippen molar-refractivity contribution in [1.82, 2.24) is 20.4 Å². The summed E-state index contributed by atoms with van der Waals surface area (Å²) in [6.45, 7) is 11.2. The van der Waals surface area contributed by atoms with Crippen molar-refractivity contribution in [1.29, 1.82) is 0 Å². The van der Waals surface area contributed by atoms with E-state index in [0.717, 1.165) is 56.6 Å². The second-order valence-corrected chi connectivity index (χ2v) is 7.82. The molecular weight excluding hydrogens is 378 g/mol. The van der Waals surface area contributed by atoms with Gasteiger partial charge in [-0.05, 0) is 57.6 Å². The molecule has 1 aromatic carbocycles. The quantitative estimate of drug-likeness (QED) is 0.378. The molecule has 1 saturated heterocycles. The molecular formula is C23H41N5O2. The zero-order valence-electron chi connectivity index (χ0n) is 19.2. The minimum absolute atomic E-state index is 0.629. The highest BCUT2D eigenvalue weighted by atomic mass is 16.5. The first-order valence-corrected chi connectivity index (χ1v) is 11.3. The maximum Gasteiger partial charge on any atom is 0.191 e. The Hall–Kier alpha value is -1.83. The van der Waals surface area contributed by atoms with Gasteiger partial charge < -0.3 is 29.9 Å². The molecule has 0 radical (unpaired) electrons. The molecule has 0 atom stereocenters. The minimum Gasteiger partial charge on any atom is -0.492 e. The lowest BCUT2D eigenvalue weighted by molar-refractivity contribution is 0.150. The Kier molecular flexibility index (Phi) is 12.3. The number of nitrogens with zero attached hydrogens (tertiary/aromatic N) is 3. The number of ether oxygens (including phenoxy) is 2. The van der Waals surface area contributed by atoms with Gasteiger partial charge in [-0.1, -0.05) is 18.6 Å². The number of likely N-dealkylation sites (N-methyl/N-ethyl adjacent to an activating group) is 1. The summed E-state index contributed by atoms with van der Waals surface area (Å²) in [5.41, 5.74) is 1.15. The van der Waals surface area contributed by atoms with E-state index in [0.29, 0.717) is 13.2 Å². The lowest BCUT2D eigenvalue weighted by atomic mass is 10.1. The molecule has 1 fully saturated rings. The molecule has 0 bridgehead atoms. The second-order valence-electron chi connectivity index (χ2n) is 7.82. The van der Waals surface area contributed by atoms with Crippen molar-refractivity contribution < 1.29 is 9.47 Å². The van der Waals surface area contributed by atoms with Crippen molar-refractivity contribution in [2.24, 2.45) is 4.99 Å². The molecule has 170 valence electrons. The zero-order valence-corrected chi connectivity index (χ0v) is 19.2. The van der Waals surface area contributed by atoms with Gasteiger partial charge in [0.05, 0.1) is 13.2 Å². The number of aliphatic imine (C=N–C) groups is 1. The number of benzene rings is 1. The lowest BCUT2D eigenvalue weighted by Crippen LogP contribution is -2.42. The van der Waals surface area contributed by atoms with Gasteiger partial charge in [-0.15, -0.1) is 0 Å². The van der Waals surface area contributed by atoms with Crippen LogP contribution in [-0.4, -0.2) is 88.9 Å². The molecule has 0 unspecified atom stereocenters. The average molecular weight is 420 g/mol. The topological polar surface area (TPSA) is 61.4 Å². The van der Waals surface area contributed by atoms with Crippen LogP contribution in [0.4, 0.5) is 0 Å². The van der Waals surface area contributed by atoms with E-state index in [1.54, 1.807) is 7.11 Å². The molecule has 0 aromatic heterocycles. The Morgan fingerprint density at radius 2 is 1.93 bits per heavy atom. The van der Waals surface area contributed by atoms with Crippen molar-refractivity contribution in [2.75, 3.05) is 73.2 Å². The van der Waals surface area contributed by atoms with Gasteiger partial charge in [-0.2, -0.15) is 0 Å². The summed E-state index contributed by atoms with van der Waals surface area (Å²) >= 11 is 0. The summed E-state index contributed by atoms with van der Waals surface area (Å²) in [6.07, 6.45) is 4.04. The molecule has 7 heteroatoms. The molecule has 30 heavy (non-hydrogen) atoms. The van der Waals surface area contributed by atoms with Gasteiger partial charge in [0.15, 0.2) is 5.96 Å². The van der Waals surface area contributed by atoms with Crippen LogP contribution in [0, 0.1) is 0 Å². The molecule has 0 spiro atoms. The summed E-state index contributed by atoms with van der Waals surface area (Å²) in [7, 11) is 3.80. The molecule has 2 N–H and O–H groups in total. The van der Waals surface area contributed by atoms with Crippen LogP contribution < -0.4 is 15.4 Å². The summed E-state index contributed by atoms with van der Waals surface area (Å²) in [6, 6.07) is 8.21. The van der Waals surface area contributed by atoms with Gasteiger partial charge in [0.25, 0.3) is 0 Å². The van der Waals surface area contributed by atoms with Gasteiger partial charge in [0, 0.05) is 39.8 Å². The van der Waals surface area contributed by atoms with E-state index >= 15 is 0 Å². The first-order chi connectivity index (χ1) is 14.7. The molecule has 1 aliphatic heterocycles. The van der Waals surface area contributed by atoms with Crippen LogP contribution in [0.5, 0.6) is 5.75 Å². The molecule has 0 saturated carbocycles. The summed E-state index contributed by atoms with van der Waals surface area (Å²) in [5.74, 6) is 1.77. The largest absolute Gasteiger partial charge is 0.492 e. The van der Waals surface area contributed by atoms with Crippen molar-refractivity contribution in [3.8, 4) is 5.75 Å². The third-order valence-electron chi connectivity index (χ3n) is 5.25. The standard InChI is InChI=1S/C23H41N5O2/c1-4-24-23(25-11-14-28-12-6-5-7-13-28)26-20-21-9-8-10-22(19-21)30-18-16-27(2)15-17-29-3/h8-10,19H,4-7,11-18,20H2,1-3H3,(H2,24,25,26). The number of methoxy groups -OCH3 is 1. The minimum atomic E-state index is 0.629. The van der Waals surface area contributed by atoms with E-state index in [4.69, 9.17) is 14.5 Å². The maximum absolute atomic E-state index is 5.92. The number of piperidine rings is 1. The molecule has 1 aromatic rings. The van der Waals surface area contributed by atoms with Crippen molar-refractivity contribution in [3.63, 3.8) is 0 Å².